The third-order valence-electron chi connectivity index (χ3n) is 5.50. The lowest BCUT2D eigenvalue weighted by atomic mass is 10.0. The molecule has 0 spiro atoms. The highest BCUT2D eigenvalue weighted by Gasteiger charge is 2.25. The molecule has 0 bridgehead atoms. The van der Waals surface area contributed by atoms with E-state index in [2.05, 4.69) is 45.3 Å². The van der Waals surface area contributed by atoms with E-state index in [4.69, 9.17) is 0 Å². The van der Waals surface area contributed by atoms with Crippen molar-refractivity contribution in [2.75, 3.05) is 41.7 Å². The summed E-state index contributed by atoms with van der Waals surface area (Å²) in [6.45, 7) is 7.31. The minimum absolute atomic E-state index is 0.144. The topological polar surface area (TPSA) is 64.7 Å². The molecule has 1 aliphatic heterocycles. The van der Waals surface area contributed by atoms with Gasteiger partial charge in [-0.3, -0.25) is 4.79 Å². The largest absolute Gasteiger partial charge is 0.368 e. The van der Waals surface area contributed by atoms with Crippen LogP contribution in [-0.2, 0) is 4.79 Å². The van der Waals surface area contributed by atoms with Crippen LogP contribution >= 0.6 is 15.9 Å². The first kappa shape index (κ1) is 22.2. The first-order valence-electron chi connectivity index (χ1n) is 10.5. The number of anilines is 3. The van der Waals surface area contributed by atoms with Crippen LogP contribution in [0.2, 0.25) is 0 Å². The van der Waals surface area contributed by atoms with Gasteiger partial charge in [0.2, 0.25) is 5.91 Å². The quantitative estimate of drug-likeness (QED) is 0.608. The van der Waals surface area contributed by atoms with Crippen molar-refractivity contribution in [2.45, 2.75) is 26.7 Å². The Morgan fingerprint density at radius 1 is 0.933 bits per heavy atom. The zero-order chi connectivity index (χ0) is 21.5. The van der Waals surface area contributed by atoms with Gasteiger partial charge in [0, 0.05) is 53.6 Å². The number of rotatable bonds is 6. The van der Waals surface area contributed by atoms with E-state index in [0.717, 1.165) is 60.6 Å². The van der Waals surface area contributed by atoms with Crippen molar-refractivity contribution in [2.24, 2.45) is 5.92 Å². The molecule has 0 saturated carbocycles. The monoisotopic (exact) mass is 472 g/mol. The van der Waals surface area contributed by atoms with E-state index < -0.39 is 0 Å². The fraction of sp³-hybridized carbons (Fsp3) is 0.391. The second-order valence-corrected chi connectivity index (χ2v) is 8.38. The number of amides is 3. The van der Waals surface area contributed by atoms with Crippen LogP contribution in [0.1, 0.15) is 26.7 Å². The average molecular weight is 473 g/mol. The molecule has 1 aliphatic rings. The number of carbonyl (C=O) groups is 2. The van der Waals surface area contributed by atoms with Crippen LogP contribution in [0, 0.1) is 5.92 Å². The van der Waals surface area contributed by atoms with Crippen LogP contribution in [0.4, 0.5) is 21.9 Å². The molecular weight excluding hydrogens is 444 g/mol. The molecule has 160 valence electrons. The number of urea groups is 1. The van der Waals surface area contributed by atoms with Crippen LogP contribution in [-0.4, -0.2) is 43.0 Å². The number of carbonyl (C=O) groups excluding carboxylic acids is 2. The highest BCUT2D eigenvalue weighted by Crippen LogP contribution is 2.22. The second-order valence-electron chi connectivity index (χ2n) is 7.46. The van der Waals surface area contributed by atoms with Crippen LogP contribution in [0.3, 0.4) is 0 Å². The molecule has 0 unspecified atom stereocenters. The molecule has 2 N–H and O–H groups in total. The number of nitrogens with one attached hydrogen (secondary N) is 2. The molecule has 7 heteroatoms. The highest BCUT2D eigenvalue weighted by molar-refractivity contribution is 9.10. The number of hydrogen-bond donors (Lipinski definition) is 2. The fourth-order valence-corrected chi connectivity index (χ4v) is 4.10. The maximum atomic E-state index is 12.6. The fourth-order valence-electron chi connectivity index (χ4n) is 3.70. The number of piperazine rings is 1. The Kier molecular flexibility index (Phi) is 7.74. The van der Waals surface area contributed by atoms with E-state index in [-0.39, 0.29) is 17.9 Å². The summed E-state index contributed by atoms with van der Waals surface area (Å²) < 4.78 is 0.909. The number of halogens is 1. The molecule has 1 heterocycles. The lowest BCUT2D eigenvalue weighted by Gasteiger charge is -2.37. The number of nitrogens with zero attached hydrogens (tertiary/aromatic N) is 2. The van der Waals surface area contributed by atoms with Gasteiger partial charge >= 0.3 is 6.03 Å². The minimum atomic E-state index is -0.283. The van der Waals surface area contributed by atoms with Gasteiger partial charge in [0.15, 0.2) is 0 Å². The smallest absolute Gasteiger partial charge is 0.323 e. The first-order chi connectivity index (χ1) is 14.5. The molecule has 0 radical (unpaired) electrons. The lowest BCUT2D eigenvalue weighted by Crippen LogP contribution is -2.50. The molecule has 3 rings (SSSR count). The minimum Gasteiger partial charge on any atom is -0.368 e. The Balaban J connectivity index is 1.51. The van der Waals surface area contributed by atoms with Crippen molar-refractivity contribution in [1.29, 1.82) is 0 Å². The van der Waals surface area contributed by atoms with Gasteiger partial charge < -0.3 is 20.4 Å². The highest BCUT2D eigenvalue weighted by atomic mass is 79.9. The molecule has 1 saturated heterocycles. The number of benzene rings is 2. The molecule has 2 aromatic rings. The molecule has 0 atom stereocenters. The van der Waals surface area contributed by atoms with E-state index in [0.29, 0.717) is 0 Å². The number of hydrogen-bond acceptors (Lipinski definition) is 3. The summed E-state index contributed by atoms with van der Waals surface area (Å²) in [4.78, 5) is 29.0. The van der Waals surface area contributed by atoms with Gasteiger partial charge in [0.05, 0.1) is 0 Å². The van der Waals surface area contributed by atoms with Crippen molar-refractivity contribution in [3.05, 3.63) is 53.0 Å². The Bertz CT molecular complexity index is 860. The maximum Gasteiger partial charge on any atom is 0.323 e. The summed E-state index contributed by atoms with van der Waals surface area (Å²) in [6.07, 6.45) is 1.80. The third kappa shape index (κ3) is 5.75. The van der Waals surface area contributed by atoms with E-state index in [1.54, 1.807) is 0 Å². The predicted octanol–water partition coefficient (Wildman–Crippen LogP) is 5.18. The standard InChI is InChI=1S/C23H29BrN4O2/c1-3-17(4-2)22(29)28-14-12-27(13-15-28)21-10-8-19(9-11-21)25-23(30)26-20-7-5-6-18(24)16-20/h5-11,16-17H,3-4,12-15H2,1-2H3,(H2,25,26,30). The predicted molar refractivity (Wildman–Crippen MR) is 126 cm³/mol. The van der Waals surface area contributed by atoms with Crippen molar-refractivity contribution in [3.8, 4) is 0 Å². The van der Waals surface area contributed by atoms with E-state index in [1.807, 2.05) is 53.4 Å². The molecular formula is C23H29BrN4O2. The summed E-state index contributed by atoms with van der Waals surface area (Å²) in [7, 11) is 0. The third-order valence-corrected chi connectivity index (χ3v) is 5.99. The van der Waals surface area contributed by atoms with E-state index >= 15 is 0 Å². The Morgan fingerprint density at radius 2 is 1.57 bits per heavy atom. The van der Waals surface area contributed by atoms with Gasteiger partial charge in [-0.15, -0.1) is 0 Å². The Hall–Kier alpha value is -2.54. The first-order valence-corrected chi connectivity index (χ1v) is 11.3. The van der Waals surface area contributed by atoms with Gasteiger partial charge in [-0.2, -0.15) is 0 Å². The maximum absolute atomic E-state index is 12.6. The van der Waals surface area contributed by atoms with Crippen LogP contribution in [0.5, 0.6) is 0 Å². The van der Waals surface area contributed by atoms with Gasteiger partial charge in [-0.25, -0.2) is 4.79 Å². The summed E-state index contributed by atoms with van der Waals surface area (Å²) in [6, 6.07) is 15.0. The molecule has 1 fully saturated rings. The summed E-state index contributed by atoms with van der Waals surface area (Å²) in [5.41, 5.74) is 2.55. The molecule has 0 aromatic heterocycles. The summed E-state index contributed by atoms with van der Waals surface area (Å²) in [5.74, 6) is 0.431. The molecule has 6 nitrogen and oxygen atoms in total. The van der Waals surface area contributed by atoms with Gasteiger partial charge in [-0.05, 0) is 55.3 Å². The average Bonchev–Trinajstić information content (AvgIpc) is 2.75. The van der Waals surface area contributed by atoms with Crippen LogP contribution in [0.15, 0.2) is 53.0 Å². The van der Waals surface area contributed by atoms with Crippen molar-refractivity contribution in [3.63, 3.8) is 0 Å². The lowest BCUT2D eigenvalue weighted by molar-refractivity contribution is -0.136. The van der Waals surface area contributed by atoms with E-state index in [9.17, 15) is 9.59 Å². The molecule has 30 heavy (non-hydrogen) atoms. The van der Waals surface area contributed by atoms with E-state index in [1.165, 1.54) is 0 Å². The molecule has 2 aromatic carbocycles. The van der Waals surface area contributed by atoms with Gasteiger partial charge in [-0.1, -0.05) is 35.8 Å². The van der Waals surface area contributed by atoms with Crippen molar-refractivity contribution < 1.29 is 9.59 Å². The molecule has 3 amide bonds. The van der Waals surface area contributed by atoms with Crippen LogP contribution < -0.4 is 15.5 Å². The Labute approximate surface area is 186 Å². The van der Waals surface area contributed by atoms with Crippen LogP contribution in [0.25, 0.3) is 0 Å². The van der Waals surface area contributed by atoms with Gasteiger partial charge in [0.1, 0.15) is 0 Å². The summed E-state index contributed by atoms with van der Waals surface area (Å²) >= 11 is 3.39. The van der Waals surface area contributed by atoms with Crippen molar-refractivity contribution >= 4 is 44.9 Å². The Morgan fingerprint density at radius 3 is 2.17 bits per heavy atom. The van der Waals surface area contributed by atoms with Crippen molar-refractivity contribution in [1.82, 2.24) is 4.90 Å². The molecule has 0 aliphatic carbocycles. The SMILES string of the molecule is CCC(CC)C(=O)N1CCN(c2ccc(NC(=O)Nc3cccc(Br)c3)cc2)CC1. The second kappa shape index (κ2) is 10.5. The normalized spacial score (nSPS) is 14.0. The van der Waals surface area contributed by atoms with Gasteiger partial charge in [0.25, 0.3) is 0 Å². The zero-order valence-electron chi connectivity index (χ0n) is 17.5. The zero-order valence-corrected chi connectivity index (χ0v) is 19.1. The summed E-state index contributed by atoms with van der Waals surface area (Å²) in [5, 5.41) is 5.67.